The number of carboxylic acids is 1. The number of amides is 2. The van der Waals surface area contributed by atoms with Gasteiger partial charge in [0.1, 0.15) is 6.61 Å². The predicted octanol–water partition coefficient (Wildman–Crippen LogP) is 2.11. The molecule has 10 heteroatoms. The zero-order valence-corrected chi connectivity index (χ0v) is 16.9. The van der Waals surface area contributed by atoms with Crippen LogP contribution in [0.1, 0.15) is 23.5 Å². The molecular formula is C22H22F2N2O6. The topological polar surface area (TPSA) is 125 Å². The van der Waals surface area contributed by atoms with E-state index in [1.165, 1.54) is 0 Å². The fraction of sp³-hybridized carbons (Fsp3) is 0.318. The number of aliphatic hydroxyl groups is 1. The SMILES string of the molecule is O=C(O)CC(O)CNC(=O)C(F)(F)CNC(=O)OCC1c2ccccc2-c2ccccc21. The van der Waals surface area contributed by atoms with E-state index in [2.05, 4.69) is 0 Å². The van der Waals surface area contributed by atoms with Gasteiger partial charge >= 0.3 is 18.0 Å². The predicted molar refractivity (Wildman–Crippen MR) is 109 cm³/mol. The minimum atomic E-state index is -3.98. The van der Waals surface area contributed by atoms with E-state index in [4.69, 9.17) is 9.84 Å². The van der Waals surface area contributed by atoms with E-state index >= 15 is 0 Å². The molecule has 1 atom stereocenters. The Balaban J connectivity index is 1.51. The Morgan fingerprint density at radius 3 is 2.12 bits per heavy atom. The molecule has 170 valence electrons. The van der Waals surface area contributed by atoms with Crippen molar-refractivity contribution >= 4 is 18.0 Å². The summed E-state index contributed by atoms with van der Waals surface area (Å²) in [5.41, 5.74) is 3.97. The molecule has 0 radical (unpaired) electrons. The lowest BCUT2D eigenvalue weighted by Crippen LogP contribution is -2.49. The molecule has 0 aliphatic heterocycles. The molecule has 0 heterocycles. The van der Waals surface area contributed by atoms with Crippen LogP contribution in [0.4, 0.5) is 13.6 Å². The minimum Gasteiger partial charge on any atom is -0.481 e. The second kappa shape index (κ2) is 9.73. The molecule has 0 saturated heterocycles. The van der Waals surface area contributed by atoms with Crippen LogP contribution in [0.15, 0.2) is 48.5 Å². The van der Waals surface area contributed by atoms with Crippen molar-refractivity contribution in [3.05, 3.63) is 59.7 Å². The Morgan fingerprint density at radius 2 is 1.56 bits per heavy atom. The van der Waals surface area contributed by atoms with E-state index < -0.39 is 49.5 Å². The molecule has 1 unspecified atom stereocenters. The van der Waals surface area contributed by atoms with Gasteiger partial charge in [-0.3, -0.25) is 9.59 Å². The Hall–Kier alpha value is -3.53. The second-order valence-corrected chi connectivity index (χ2v) is 7.35. The molecule has 1 aliphatic carbocycles. The number of hydrogen-bond donors (Lipinski definition) is 4. The van der Waals surface area contributed by atoms with Gasteiger partial charge in [0.2, 0.25) is 0 Å². The number of carbonyl (C=O) groups is 3. The van der Waals surface area contributed by atoms with Gasteiger partial charge in [-0.15, -0.1) is 0 Å². The standard InChI is InChI=1S/C22H22F2N2O6/c23-22(24,20(30)25-10-13(27)9-19(28)29)12-26-21(31)32-11-18-16-7-3-1-5-14(16)15-6-2-4-8-17(15)18/h1-8,13,18,27H,9-12H2,(H,25,30)(H,26,31)(H,28,29). The number of alkyl carbamates (subject to hydrolysis) is 1. The number of benzene rings is 2. The maximum atomic E-state index is 13.9. The number of carboxylic acid groups (broad SMARTS) is 1. The number of rotatable bonds is 9. The first-order valence-corrected chi connectivity index (χ1v) is 9.84. The zero-order valence-electron chi connectivity index (χ0n) is 16.9. The third-order valence-corrected chi connectivity index (χ3v) is 5.04. The first-order chi connectivity index (χ1) is 15.2. The molecule has 2 amide bonds. The Kier molecular flexibility index (Phi) is 7.04. The molecule has 1 aliphatic rings. The average Bonchev–Trinajstić information content (AvgIpc) is 3.08. The van der Waals surface area contributed by atoms with Gasteiger partial charge in [-0.05, 0) is 22.3 Å². The summed E-state index contributed by atoms with van der Waals surface area (Å²) in [5, 5.41) is 21.5. The molecule has 0 bridgehead atoms. The molecule has 3 rings (SSSR count). The highest BCUT2D eigenvalue weighted by atomic mass is 19.3. The maximum absolute atomic E-state index is 13.9. The van der Waals surface area contributed by atoms with Crippen LogP contribution in [0.25, 0.3) is 11.1 Å². The van der Waals surface area contributed by atoms with Crippen LogP contribution in [-0.2, 0) is 14.3 Å². The fourth-order valence-corrected chi connectivity index (χ4v) is 3.53. The molecule has 0 saturated carbocycles. The summed E-state index contributed by atoms with van der Waals surface area (Å²) in [6, 6.07) is 15.3. The van der Waals surface area contributed by atoms with Crippen molar-refractivity contribution in [2.75, 3.05) is 19.7 Å². The molecule has 2 aromatic rings. The Bertz CT molecular complexity index is 968. The number of aliphatic carboxylic acids is 1. The highest BCUT2D eigenvalue weighted by molar-refractivity contribution is 5.84. The third kappa shape index (κ3) is 5.38. The summed E-state index contributed by atoms with van der Waals surface area (Å²) < 4.78 is 33.0. The normalized spacial score (nSPS) is 13.6. The first kappa shape index (κ1) is 23.1. The number of ether oxygens (including phenoxy) is 1. The van der Waals surface area contributed by atoms with Crippen LogP contribution < -0.4 is 10.6 Å². The van der Waals surface area contributed by atoms with Gasteiger partial charge in [0.15, 0.2) is 0 Å². The van der Waals surface area contributed by atoms with Crippen molar-refractivity contribution in [2.24, 2.45) is 0 Å². The summed E-state index contributed by atoms with van der Waals surface area (Å²) in [5.74, 6) is -7.31. The van der Waals surface area contributed by atoms with Crippen LogP contribution in [0.2, 0.25) is 0 Å². The lowest BCUT2D eigenvalue weighted by Gasteiger charge is -2.18. The van der Waals surface area contributed by atoms with Gasteiger partial charge in [-0.25, -0.2) is 4.79 Å². The van der Waals surface area contributed by atoms with E-state index in [1.54, 1.807) is 5.32 Å². The van der Waals surface area contributed by atoms with Gasteiger partial charge in [0, 0.05) is 12.5 Å². The largest absolute Gasteiger partial charge is 0.481 e. The maximum Gasteiger partial charge on any atom is 0.407 e. The van der Waals surface area contributed by atoms with Gasteiger partial charge in [0.25, 0.3) is 5.91 Å². The van der Waals surface area contributed by atoms with Crippen molar-refractivity contribution in [3.8, 4) is 11.1 Å². The van der Waals surface area contributed by atoms with E-state index in [0.717, 1.165) is 22.3 Å². The number of nitrogens with one attached hydrogen (secondary N) is 2. The van der Waals surface area contributed by atoms with E-state index in [1.807, 2.05) is 53.8 Å². The number of carbonyl (C=O) groups excluding carboxylic acids is 2. The highest BCUT2D eigenvalue weighted by Gasteiger charge is 2.39. The van der Waals surface area contributed by atoms with E-state index in [9.17, 15) is 28.3 Å². The van der Waals surface area contributed by atoms with Crippen molar-refractivity contribution < 1.29 is 38.1 Å². The van der Waals surface area contributed by atoms with Crippen molar-refractivity contribution in [1.29, 1.82) is 0 Å². The van der Waals surface area contributed by atoms with Gasteiger partial charge in [0.05, 0.1) is 19.1 Å². The number of hydrogen-bond acceptors (Lipinski definition) is 5. The monoisotopic (exact) mass is 448 g/mol. The summed E-state index contributed by atoms with van der Waals surface area (Å²) >= 11 is 0. The van der Waals surface area contributed by atoms with Gasteiger partial charge in [-0.2, -0.15) is 8.78 Å². The molecule has 8 nitrogen and oxygen atoms in total. The fourth-order valence-electron chi connectivity index (χ4n) is 3.53. The molecular weight excluding hydrogens is 426 g/mol. The van der Waals surface area contributed by atoms with E-state index in [0.29, 0.717) is 0 Å². The number of halogens is 2. The third-order valence-electron chi connectivity index (χ3n) is 5.04. The number of alkyl halides is 2. The summed E-state index contributed by atoms with van der Waals surface area (Å²) in [6.07, 6.45) is -3.32. The molecule has 32 heavy (non-hydrogen) atoms. The number of fused-ring (bicyclic) bond motifs is 3. The molecule has 2 aromatic carbocycles. The van der Waals surface area contributed by atoms with Gasteiger partial charge < -0.3 is 25.6 Å². The molecule has 4 N–H and O–H groups in total. The molecule has 0 spiro atoms. The zero-order chi connectivity index (χ0) is 23.3. The highest BCUT2D eigenvalue weighted by Crippen LogP contribution is 2.44. The molecule has 0 fully saturated rings. The lowest BCUT2D eigenvalue weighted by molar-refractivity contribution is -0.146. The average molecular weight is 448 g/mol. The quantitative estimate of drug-likeness (QED) is 0.466. The lowest BCUT2D eigenvalue weighted by atomic mass is 9.98. The number of aliphatic hydroxyl groups excluding tert-OH is 1. The van der Waals surface area contributed by atoms with Crippen LogP contribution in [-0.4, -0.2) is 59.9 Å². The van der Waals surface area contributed by atoms with E-state index in [-0.39, 0.29) is 12.5 Å². The minimum absolute atomic E-state index is 0.0704. The van der Waals surface area contributed by atoms with Crippen LogP contribution in [0.3, 0.4) is 0 Å². The summed E-state index contributed by atoms with van der Waals surface area (Å²) in [6.45, 7) is -2.05. The Labute approximate surface area is 182 Å². The van der Waals surface area contributed by atoms with Crippen LogP contribution in [0.5, 0.6) is 0 Å². The summed E-state index contributed by atoms with van der Waals surface area (Å²) in [4.78, 5) is 34.0. The van der Waals surface area contributed by atoms with Crippen molar-refractivity contribution in [1.82, 2.24) is 10.6 Å². The van der Waals surface area contributed by atoms with Crippen molar-refractivity contribution in [3.63, 3.8) is 0 Å². The Morgan fingerprint density at radius 1 is 1.00 bits per heavy atom. The first-order valence-electron chi connectivity index (χ1n) is 9.84. The summed E-state index contributed by atoms with van der Waals surface area (Å²) in [7, 11) is 0. The second-order valence-electron chi connectivity index (χ2n) is 7.35. The van der Waals surface area contributed by atoms with Gasteiger partial charge in [-0.1, -0.05) is 48.5 Å². The van der Waals surface area contributed by atoms with Crippen molar-refractivity contribution in [2.45, 2.75) is 24.4 Å². The van der Waals surface area contributed by atoms with Crippen LogP contribution in [0, 0.1) is 0 Å². The molecule has 0 aromatic heterocycles. The smallest absolute Gasteiger partial charge is 0.407 e. The van der Waals surface area contributed by atoms with Crippen LogP contribution >= 0.6 is 0 Å².